The highest BCUT2D eigenvalue weighted by atomic mass is 16.5. The number of carbonyl (C=O) groups excluding carboxylic acids is 1. The fourth-order valence-corrected chi connectivity index (χ4v) is 0.751. The highest BCUT2D eigenvalue weighted by molar-refractivity contribution is 5.66. The Morgan fingerprint density at radius 2 is 1.71 bits per heavy atom. The second-order valence-electron chi connectivity index (χ2n) is 4.36. The number of hydrogen-bond acceptors (Lipinski definition) is 3. The molecule has 17 heavy (non-hydrogen) atoms. The van der Waals surface area contributed by atoms with Crippen LogP contribution in [0.25, 0.3) is 0 Å². The van der Waals surface area contributed by atoms with Gasteiger partial charge in [-0.1, -0.05) is 40.5 Å². The van der Waals surface area contributed by atoms with Gasteiger partial charge in [0.2, 0.25) is 0 Å². The summed E-state index contributed by atoms with van der Waals surface area (Å²) in [6, 6.07) is 0. The van der Waals surface area contributed by atoms with Crippen LogP contribution in [0.3, 0.4) is 0 Å². The Morgan fingerprint density at radius 3 is 2.00 bits per heavy atom. The molecule has 0 aliphatic heterocycles. The number of ether oxygens (including phenoxy) is 1. The van der Waals surface area contributed by atoms with Gasteiger partial charge in [-0.25, -0.2) is 4.79 Å². The van der Waals surface area contributed by atoms with Crippen molar-refractivity contribution in [2.75, 3.05) is 19.7 Å². The van der Waals surface area contributed by atoms with Crippen LogP contribution in [0.5, 0.6) is 0 Å². The summed E-state index contributed by atoms with van der Waals surface area (Å²) in [5.41, 5.74) is 5.28. The maximum absolute atomic E-state index is 10.7. The van der Waals surface area contributed by atoms with Gasteiger partial charge in [0.1, 0.15) is 0 Å². The standard InChI is InChI=1S/C8H17NO2.C5H13N/c1-4-7(3)6-9-8(10)11-5-2;1-3-5(2)4-6/h7H,4-6H2,1-3H3,(H,9,10);5H,3-4,6H2,1-2H3. The monoisotopic (exact) mass is 246 g/mol. The van der Waals surface area contributed by atoms with Gasteiger partial charge >= 0.3 is 6.09 Å². The maximum atomic E-state index is 10.7. The normalized spacial score (nSPS) is 13.1. The van der Waals surface area contributed by atoms with Crippen molar-refractivity contribution >= 4 is 6.09 Å². The van der Waals surface area contributed by atoms with Crippen molar-refractivity contribution < 1.29 is 9.53 Å². The molecule has 0 aromatic heterocycles. The SMILES string of the molecule is CCC(C)CN.CCOC(=O)NCC(C)CC. The summed E-state index contributed by atoms with van der Waals surface area (Å²) in [5, 5.41) is 2.67. The van der Waals surface area contributed by atoms with E-state index < -0.39 is 0 Å². The molecule has 0 aliphatic rings. The van der Waals surface area contributed by atoms with Crippen molar-refractivity contribution in [1.29, 1.82) is 0 Å². The van der Waals surface area contributed by atoms with Crippen LogP contribution >= 0.6 is 0 Å². The minimum absolute atomic E-state index is 0.312. The number of hydrogen-bond donors (Lipinski definition) is 2. The molecule has 0 heterocycles. The number of nitrogens with two attached hydrogens (primary N) is 1. The van der Waals surface area contributed by atoms with E-state index in [-0.39, 0.29) is 6.09 Å². The van der Waals surface area contributed by atoms with E-state index in [0.717, 1.165) is 13.0 Å². The van der Waals surface area contributed by atoms with Crippen LogP contribution in [0.15, 0.2) is 0 Å². The first kappa shape index (κ1) is 18.6. The van der Waals surface area contributed by atoms with Crippen LogP contribution < -0.4 is 11.1 Å². The van der Waals surface area contributed by atoms with E-state index >= 15 is 0 Å². The summed E-state index contributed by atoms with van der Waals surface area (Å²) in [6.07, 6.45) is 1.97. The zero-order valence-corrected chi connectivity index (χ0v) is 12.1. The van der Waals surface area contributed by atoms with Gasteiger partial charge in [0.15, 0.2) is 0 Å². The molecular formula is C13H30N2O2. The van der Waals surface area contributed by atoms with E-state index in [1.807, 2.05) is 0 Å². The van der Waals surface area contributed by atoms with Crippen molar-refractivity contribution in [3.8, 4) is 0 Å². The Morgan fingerprint density at radius 1 is 1.18 bits per heavy atom. The molecule has 0 bridgehead atoms. The predicted octanol–water partition coefficient (Wildman–Crippen LogP) is 2.77. The molecule has 4 heteroatoms. The Kier molecular flexibility index (Phi) is 14.5. The molecule has 104 valence electrons. The first-order valence-corrected chi connectivity index (χ1v) is 6.62. The molecule has 0 aromatic carbocycles. The lowest BCUT2D eigenvalue weighted by atomic mass is 10.1. The number of rotatable bonds is 6. The molecule has 2 unspecified atom stereocenters. The van der Waals surface area contributed by atoms with Crippen LogP contribution in [0.1, 0.15) is 47.5 Å². The van der Waals surface area contributed by atoms with Gasteiger partial charge < -0.3 is 15.8 Å². The largest absolute Gasteiger partial charge is 0.450 e. The fourth-order valence-electron chi connectivity index (χ4n) is 0.751. The van der Waals surface area contributed by atoms with E-state index in [4.69, 9.17) is 5.73 Å². The average molecular weight is 246 g/mol. The Labute approximate surface area is 106 Å². The molecular weight excluding hydrogens is 216 g/mol. The van der Waals surface area contributed by atoms with E-state index in [0.29, 0.717) is 25.0 Å². The number of carbonyl (C=O) groups is 1. The number of alkyl carbamates (subject to hydrolysis) is 1. The van der Waals surface area contributed by atoms with E-state index in [1.54, 1.807) is 6.92 Å². The number of amides is 1. The lowest BCUT2D eigenvalue weighted by Gasteiger charge is -2.09. The van der Waals surface area contributed by atoms with Crippen LogP contribution in [0.4, 0.5) is 4.79 Å². The Balaban J connectivity index is 0. The Hall–Kier alpha value is -0.770. The molecule has 0 fully saturated rings. The van der Waals surface area contributed by atoms with E-state index in [2.05, 4.69) is 37.7 Å². The summed E-state index contributed by atoms with van der Waals surface area (Å²) in [5.74, 6) is 1.24. The fraction of sp³-hybridized carbons (Fsp3) is 0.923. The third-order valence-electron chi connectivity index (χ3n) is 2.67. The third kappa shape index (κ3) is 15.2. The predicted molar refractivity (Wildman–Crippen MR) is 73.0 cm³/mol. The zero-order chi connectivity index (χ0) is 13.7. The smallest absolute Gasteiger partial charge is 0.407 e. The van der Waals surface area contributed by atoms with Gasteiger partial charge in [0, 0.05) is 6.54 Å². The van der Waals surface area contributed by atoms with E-state index in [1.165, 1.54) is 6.42 Å². The van der Waals surface area contributed by atoms with Crippen molar-refractivity contribution in [3.05, 3.63) is 0 Å². The van der Waals surface area contributed by atoms with Crippen molar-refractivity contribution in [2.24, 2.45) is 17.6 Å². The second kappa shape index (κ2) is 13.3. The van der Waals surface area contributed by atoms with Gasteiger partial charge in [0.05, 0.1) is 6.61 Å². The summed E-state index contributed by atoms with van der Waals surface area (Å²) in [6.45, 7) is 12.3. The minimum Gasteiger partial charge on any atom is -0.450 e. The maximum Gasteiger partial charge on any atom is 0.407 e. The van der Waals surface area contributed by atoms with Crippen LogP contribution in [-0.2, 0) is 4.74 Å². The topological polar surface area (TPSA) is 64.3 Å². The van der Waals surface area contributed by atoms with Gasteiger partial charge in [-0.15, -0.1) is 0 Å². The van der Waals surface area contributed by atoms with Crippen LogP contribution in [0, 0.1) is 11.8 Å². The van der Waals surface area contributed by atoms with Gasteiger partial charge in [0.25, 0.3) is 0 Å². The summed E-state index contributed by atoms with van der Waals surface area (Å²) in [4.78, 5) is 10.7. The number of nitrogens with one attached hydrogen (secondary N) is 1. The molecule has 3 N–H and O–H groups in total. The highest BCUT2D eigenvalue weighted by Gasteiger charge is 2.02. The molecule has 0 aliphatic carbocycles. The van der Waals surface area contributed by atoms with Crippen molar-refractivity contribution in [2.45, 2.75) is 47.5 Å². The van der Waals surface area contributed by atoms with Gasteiger partial charge in [-0.2, -0.15) is 0 Å². The summed E-state index contributed by atoms with van der Waals surface area (Å²) >= 11 is 0. The van der Waals surface area contributed by atoms with E-state index in [9.17, 15) is 4.79 Å². The molecule has 4 nitrogen and oxygen atoms in total. The molecule has 1 amide bonds. The second-order valence-corrected chi connectivity index (χ2v) is 4.36. The summed E-state index contributed by atoms with van der Waals surface area (Å²) in [7, 11) is 0. The molecule has 0 saturated carbocycles. The Bertz CT molecular complexity index is 171. The lowest BCUT2D eigenvalue weighted by Crippen LogP contribution is -2.28. The van der Waals surface area contributed by atoms with Gasteiger partial charge in [-0.3, -0.25) is 0 Å². The van der Waals surface area contributed by atoms with Crippen LogP contribution in [0.2, 0.25) is 0 Å². The highest BCUT2D eigenvalue weighted by Crippen LogP contribution is 1.97. The lowest BCUT2D eigenvalue weighted by molar-refractivity contribution is 0.150. The zero-order valence-electron chi connectivity index (χ0n) is 12.1. The molecule has 0 saturated heterocycles. The molecule has 0 rings (SSSR count). The minimum atomic E-state index is -0.312. The third-order valence-corrected chi connectivity index (χ3v) is 2.67. The summed E-state index contributed by atoms with van der Waals surface area (Å²) < 4.78 is 4.69. The van der Waals surface area contributed by atoms with Gasteiger partial charge in [-0.05, 0) is 25.3 Å². The van der Waals surface area contributed by atoms with Crippen molar-refractivity contribution in [1.82, 2.24) is 5.32 Å². The molecule has 0 aromatic rings. The molecule has 0 radical (unpaired) electrons. The average Bonchev–Trinajstić information content (AvgIpc) is 2.35. The van der Waals surface area contributed by atoms with Crippen LogP contribution in [-0.4, -0.2) is 25.8 Å². The van der Waals surface area contributed by atoms with Crippen molar-refractivity contribution in [3.63, 3.8) is 0 Å². The first-order chi connectivity index (χ1) is 8.01. The molecule has 2 atom stereocenters. The molecule has 0 spiro atoms. The first-order valence-electron chi connectivity index (χ1n) is 6.62. The quantitative estimate of drug-likeness (QED) is 0.757.